The first-order valence-electron chi connectivity index (χ1n) is 6.06. The van der Waals surface area contributed by atoms with E-state index in [1.807, 2.05) is 34.1 Å². The van der Waals surface area contributed by atoms with E-state index < -0.39 is 0 Å². The second-order valence-electron chi connectivity index (χ2n) is 4.73. The molecule has 0 saturated carbocycles. The monoisotopic (exact) mass is 297 g/mol. The number of nitrogens with zero attached hydrogens (tertiary/aromatic N) is 2. The van der Waals surface area contributed by atoms with Gasteiger partial charge in [0.15, 0.2) is 0 Å². The number of nitrogens with one attached hydrogen (secondary N) is 1. The van der Waals surface area contributed by atoms with Crippen molar-refractivity contribution in [1.82, 2.24) is 10.3 Å². The van der Waals surface area contributed by atoms with Gasteiger partial charge in [0.1, 0.15) is 0 Å². The number of aromatic nitrogens is 1. The highest BCUT2D eigenvalue weighted by Gasteiger charge is 2.16. The summed E-state index contributed by atoms with van der Waals surface area (Å²) < 4.78 is 0. The molecule has 0 unspecified atom stereocenters. The predicted octanol–water partition coefficient (Wildman–Crippen LogP) is 3.64. The van der Waals surface area contributed by atoms with E-state index in [1.54, 1.807) is 6.07 Å². The number of halogens is 2. The van der Waals surface area contributed by atoms with Crippen molar-refractivity contribution < 1.29 is 0 Å². The van der Waals surface area contributed by atoms with E-state index in [1.165, 1.54) is 5.56 Å². The van der Waals surface area contributed by atoms with Crippen molar-refractivity contribution in [2.75, 3.05) is 26.0 Å². The molecule has 0 aliphatic carbocycles. The minimum absolute atomic E-state index is 0.588. The summed E-state index contributed by atoms with van der Waals surface area (Å²) in [5.41, 5.74) is 4.06. The second-order valence-corrected chi connectivity index (χ2v) is 5.58. The fourth-order valence-electron chi connectivity index (χ4n) is 2.33. The van der Waals surface area contributed by atoms with Gasteiger partial charge in [-0.3, -0.25) is 4.98 Å². The van der Waals surface area contributed by atoms with Crippen LogP contribution in [0.5, 0.6) is 0 Å². The van der Waals surface area contributed by atoms with Crippen molar-refractivity contribution >= 4 is 39.8 Å². The van der Waals surface area contributed by atoms with Crippen LogP contribution in [0.3, 0.4) is 0 Å². The molecular formula is C14H17Cl2N3. The Balaban J connectivity index is 2.89. The maximum absolute atomic E-state index is 6.26. The summed E-state index contributed by atoms with van der Waals surface area (Å²) in [6.45, 7) is 2.76. The first-order valence-corrected chi connectivity index (χ1v) is 6.81. The number of anilines is 1. The highest BCUT2D eigenvalue weighted by molar-refractivity contribution is 6.38. The maximum atomic E-state index is 6.26. The number of rotatable bonds is 3. The summed E-state index contributed by atoms with van der Waals surface area (Å²) in [5, 5.41) is 5.38. The Hall–Kier alpha value is -1.03. The van der Waals surface area contributed by atoms with E-state index in [-0.39, 0.29) is 0 Å². The van der Waals surface area contributed by atoms with Gasteiger partial charge in [-0.05, 0) is 26.1 Å². The smallest absolute Gasteiger partial charge is 0.0913 e. The topological polar surface area (TPSA) is 28.2 Å². The predicted molar refractivity (Wildman–Crippen MR) is 83.6 cm³/mol. The molecule has 2 rings (SSSR count). The first kappa shape index (κ1) is 14.4. The van der Waals surface area contributed by atoms with Gasteiger partial charge in [-0.15, -0.1) is 0 Å². The molecule has 0 spiro atoms. The van der Waals surface area contributed by atoms with Gasteiger partial charge in [0.25, 0.3) is 0 Å². The van der Waals surface area contributed by atoms with Crippen LogP contribution in [-0.2, 0) is 6.54 Å². The first-order chi connectivity index (χ1) is 8.95. The van der Waals surface area contributed by atoms with Crippen molar-refractivity contribution in [3.8, 4) is 0 Å². The molecular weight excluding hydrogens is 281 g/mol. The zero-order chi connectivity index (χ0) is 14.2. The van der Waals surface area contributed by atoms with Gasteiger partial charge in [-0.25, -0.2) is 0 Å². The van der Waals surface area contributed by atoms with Gasteiger partial charge in [0, 0.05) is 42.3 Å². The van der Waals surface area contributed by atoms with Crippen LogP contribution in [0.2, 0.25) is 10.0 Å². The van der Waals surface area contributed by atoms with Crippen molar-refractivity contribution in [2.24, 2.45) is 0 Å². The van der Waals surface area contributed by atoms with E-state index in [4.69, 9.17) is 23.2 Å². The molecule has 1 N–H and O–H groups in total. The summed E-state index contributed by atoms with van der Waals surface area (Å²) in [5.74, 6) is 0. The lowest BCUT2D eigenvalue weighted by atomic mass is 10.1. The molecule has 102 valence electrons. The molecule has 0 aliphatic rings. The minimum atomic E-state index is 0.588. The van der Waals surface area contributed by atoms with Crippen LogP contribution in [0, 0.1) is 6.92 Å². The zero-order valence-electron chi connectivity index (χ0n) is 11.5. The van der Waals surface area contributed by atoms with Crippen LogP contribution in [0.15, 0.2) is 12.1 Å². The fourth-order valence-corrected chi connectivity index (χ4v) is 2.86. The molecule has 5 heteroatoms. The number of pyridine rings is 1. The van der Waals surface area contributed by atoms with Crippen molar-refractivity contribution in [3.05, 3.63) is 33.4 Å². The maximum Gasteiger partial charge on any atom is 0.0913 e. The molecule has 0 radical (unpaired) electrons. The fraction of sp³-hybridized carbons (Fsp3) is 0.357. The van der Waals surface area contributed by atoms with Gasteiger partial charge in [-0.1, -0.05) is 23.2 Å². The highest BCUT2D eigenvalue weighted by Crippen LogP contribution is 2.36. The number of benzene rings is 1. The summed E-state index contributed by atoms with van der Waals surface area (Å²) >= 11 is 12.4. The summed E-state index contributed by atoms with van der Waals surface area (Å²) in [7, 11) is 5.96. The van der Waals surface area contributed by atoms with Gasteiger partial charge in [0.2, 0.25) is 0 Å². The molecule has 1 heterocycles. The third-order valence-electron chi connectivity index (χ3n) is 3.09. The summed E-state index contributed by atoms with van der Waals surface area (Å²) in [4.78, 5) is 6.70. The Morgan fingerprint density at radius 1 is 1.26 bits per heavy atom. The van der Waals surface area contributed by atoms with Gasteiger partial charge in [0.05, 0.1) is 16.2 Å². The van der Waals surface area contributed by atoms with Crippen LogP contribution in [0.1, 0.15) is 11.3 Å². The SMILES string of the molecule is CNCc1c(C)nc2c(Cl)cc(Cl)cc2c1N(C)C. The normalized spacial score (nSPS) is 11.1. The molecule has 3 nitrogen and oxygen atoms in total. The second kappa shape index (κ2) is 5.53. The minimum Gasteiger partial charge on any atom is -0.377 e. The van der Waals surface area contributed by atoms with E-state index in [0.29, 0.717) is 10.0 Å². The Kier molecular flexibility index (Phi) is 4.19. The van der Waals surface area contributed by atoms with E-state index in [9.17, 15) is 0 Å². The molecule has 0 saturated heterocycles. The molecule has 0 bridgehead atoms. The molecule has 1 aromatic carbocycles. The lowest BCUT2D eigenvalue weighted by molar-refractivity contribution is 0.804. The van der Waals surface area contributed by atoms with Crippen LogP contribution in [0.25, 0.3) is 10.9 Å². The zero-order valence-corrected chi connectivity index (χ0v) is 13.0. The molecule has 19 heavy (non-hydrogen) atoms. The lowest BCUT2D eigenvalue weighted by Gasteiger charge is -2.22. The Morgan fingerprint density at radius 3 is 2.53 bits per heavy atom. The number of hydrogen-bond acceptors (Lipinski definition) is 3. The molecule has 0 atom stereocenters. The Labute approximate surface area is 123 Å². The third kappa shape index (κ3) is 2.64. The van der Waals surface area contributed by atoms with Crippen LogP contribution < -0.4 is 10.2 Å². The summed E-state index contributed by atoms with van der Waals surface area (Å²) in [6.07, 6.45) is 0. The van der Waals surface area contributed by atoms with E-state index >= 15 is 0 Å². The Bertz CT molecular complexity index is 624. The Morgan fingerprint density at radius 2 is 1.95 bits per heavy atom. The standard InChI is InChI=1S/C14H17Cl2N3/c1-8-11(7-17-2)14(19(3)4)10-5-9(15)6-12(16)13(10)18-8/h5-6,17H,7H2,1-4H3. The van der Waals surface area contributed by atoms with E-state index in [2.05, 4.69) is 15.2 Å². The van der Waals surface area contributed by atoms with Crippen molar-refractivity contribution in [3.63, 3.8) is 0 Å². The number of fused-ring (bicyclic) bond motifs is 1. The number of aryl methyl sites for hydroxylation is 1. The lowest BCUT2D eigenvalue weighted by Crippen LogP contribution is -2.17. The molecule has 0 amide bonds. The highest BCUT2D eigenvalue weighted by atomic mass is 35.5. The quantitative estimate of drug-likeness (QED) is 0.937. The molecule has 0 aliphatic heterocycles. The molecule has 1 aromatic heterocycles. The van der Waals surface area contributed by atoms with Crippen molar-refractivity contribution in [2.45, 2.75) is 13.5 Å². The van der Waals surface area contributed by atoms with Gasteiger partial charge >= 0.3 is 0 Å². The average Bonchev–Trinajstić information content (AvgIpc) is 2.31. The third-order valence-corrected chi connectivity index (χ3v) is 3.59. The number of hydrogen-bond donors (Lipinski definition) is 1. The van der Waals surface area contributed by atoms with E-state index in [0.717, 1.165) is 28.8 Å². The van der Waals surface area contributed by atoms with Crippen molar-refractivity contribution in [1.29, 1.82) is 0 Å². The van der Waals surface area contributed by atoms with Gasteiger partial charge in [-0.2, -0.15) is 0 Å². The summed E-state index contributed by atoms with van der Waals surface area (Å²) in [6, 6.07) is 3.65. The van der Waals surface area contributed by atoms with Crippen LogP contribution in [0.4, 0.5) is 5.69 Å². The molecule has 2 aromatic rings. The molecule has 0 fully saturated rings. The largest absolute Gasteiger partial charge is 0.377 e. The van der Waals surface area contributed by atoms with Gasteiger partial charge < -0.3 is 10.2 Å². The van der Waals surface area contributed by atoms with Crippen LogP contribution >= 0.6 is 23.2 Å². The average molecular weight is 298 g/mol. The van der Waals surface area contributed by atoms with Crippen LogP contribution in [-0.4, -0.2) is 26.1 Å².